The summed E-state index contributed by atoms with van der Waals surface area (Å²) in [4.78, 5) is 23.7. The molecule has 0 fully saturated rings. The van der Waals surface area contributed by atoms with E-state index in [2.05, 4.69) is 10.1 Å². The molecular weight excluding hydrogens is 278 g/mol. The number of benzene rings is 1. The van der Waals surface area contributed by atoms with Gasteiger partial charge in [-0.05, 0) is 18.2 Å². The van der Waals surface area contributed by atoms with E-state index in [0.29, 0.717) is 10.7 Å². The molecule has 0 bridgehead atoms. The number of anilines is 1. The average Bonchev–Trinajstić information content (AvgIpc) is 2.35. The number of halogens is 1. The van der Waals surface area contributed by atoms with Crippen LogP contribution < -0.4 is 5.32 Å². The first kappa shape index (κ1) is 16.2. The normalized spacial score (nSPS) is 11.9. The number of carbonyl (C=O) groups excluding carboxylic acids is 2. The molecule has 5 heteroatoms. The van der Waals surface area contributed by atoms with Crippen molar-refractivity contribution in [3.63, 3.8) is 0 Å². The molecule has 1 N–H and O–H groups in total. The van der Waals surface area contributed by atoms with Crippen molar-refractivity contribution in [2.45, 2.75) is 20.8 Å². The van der Waals surface area contributed by atoms with Crippen molar-refractivity contribution >= 4 is 29.0 Å². The van der Waals surface area contributed by atoms with Crippen LogP contribution in [0.15, 0.2) is 36.0 Å². The van der Waals surface area contributed by atoms with Gasteiger partial charge in [-0.15, -0.1) is 0 Å². The highest BCUT2D eigenvalue weighted by Gasteiger charge is 2.22. The molecule has 0 atom stereocenters. The van der Waals surface area contributed by atoms with Gasteiger partial charge in [-0.3, -0.25) is 4.79 Å². The predicted molar refractivity (Wildman–Crippen MR) is 79.6 cm³/mol. The molecule has 20 heavy (non-hydrogen) atoms. The number of esters is 1. The third-order valence-corrected chi connectivity index (χ3v) is 2.76. The van der Waals surface area contributed by atoms with Gasteiger partial charge in [0.25, 0.3) is 0 Å². The molecule has 0 spiro atoms. The Morgan fingerprint density at radius 2 is 1.95 bits per heavy atom. The van der Waals surface area contributed by atoms with Crippen molar-refractivity contribution in [3.8, 4) is 0 Å². The van der Waals surface area contributed by atoms with Crippen molar-refractivity contribution in [3.05, 3.63) is 41.1 Å². The molecular formula is C15H18ClNO3. The lowest BCUT2D eigenvalue weighted by Gasteiger charge is -2.15. The van der Waals surface area contributed by atoms with E-state index in [4.69, 9.17) is 11.6 Å². The van der Waals surface area contributed by atoms with Gasteiger partial charge < -0.3 is 10.1 Å². The minimum Gasteiger partial charge on any atom is -0.464 e. The maximum absolute atomic E-state index is 12.0. The standard InChI is InChI=1S/C15H18ClNO3/c1-15(2,3)13(18)9-12(14(19)20-4)17-11-7-5-6-10(16)8-11/h5-9,17H,1-4H3/b12-9-. The van der Waals surface area contributed by atoms with E-state index in [1.165, 1.54) is 13.2 Å². The number of methoxy groups -OCH3 is 1. The van der Waals surface area contributed by atoms with Gasteiger partial charge in [0.05, 0.1) is 7.11 Å². The molecule has 0 amide bonds. The molecule has 0 unspecified atom stereocenters. The molecule has 0 aliphatic rings. The fraction of sp³-hybridized carbons (Fsp3) is 0.333. The molecule has 0 aromatic heterocycles. The number of nitrogens with one attached hydrogen (secondary N) is 1. The first-order chi connectivity index (χ1) is 9.24. The van der Waals surface area contributed by atoms with Gasteiger partial charge >= 0.3 is 5.97 Å². The quantitative estimate of drug-likeness (QED) is 0.683. The summed E-state index contributed by atoms with van der Waals surface area (Å²) >= 11 is 5.88. The lowest BCUT2D eigenvalue weighted by atomic mass is 9.90. The number of hydrogen-bond donors (Lipinski definition) is 1. The van der Waals surface area contributed by atoms with Gasteiger partial charge in [-0.1, -0.05) is 38.4 Å². The van der Waals surface area contributed by atoms with Crippen molar-refractivity contribution < 1.29 is 14.3 Å². The van der Waals surface area contributed by atoms with Crippen LogP contribution in [0.1, 0.15) is 20.8 Å². The first-order valence-electron chi connectivity index (χ1n) is 6.11. The summed E-state index contributed by atoms with van der Waals surface area (Å²) in [5, 5.41) is 3.38. The SMILES string of the molecule is COC(=O)/C(=C/C(=O)C(C)(C)C)Nc1cccc(Cl)c1. The Balaban J connectivity index is 3.05. The van der Waals surface area contributed by atoms with Gasteiger partial charge in [0.1, 0.15) is 5.70 Å². The highest BCUT2D eigenvalue weighted by molar-refractivity contribution is 6.30. The summed E-state index contributed by atoms with van der Waals surface area (Å²) in [6, 6.07) is 6.85. The number of hydrogen-bond acceptors (Lipinski definition) is 4. The molecule has 0 saturated heterocycles. The minimum absolute atomic E-state index is 0.0784. The van der Waals surface area contributed by atoms with Gasteiger partial charge in [0.15, 0.2) is 5.78 Å². The lowest BCUT2D eigenvalue weighted by molar-refractivity contribution is -0.136. The number of ether oxygens (including phenoxy) is 1. The molecule has 0 radical (unpaired) electrons. The van der Waals surface area contributed by atoms with E-state index in [9.17, 15) is 9.59 Å². The maximum atomic E-state index is 12.0. The summed E-state index contributed by atoms with van der Waals surface area (Å²) in [5.41, 5.74) is 0.112. The molecule has 1 rings (SSSR count). The topological polar surface area (TPSA) is 55.4 Å². The van der Waals surface area contributed by atoms with Crippen molar-refractivity contribution in [1.29, 1.82) is 0 Å². The van der Waals surface area contributed by atoms with Crippen LogP contribution in [0.5, 0.6) is 0 Å². The van der Waals surface area contributed by atoms with E-state index < -0.39 is 11.4 Å². The highest BCUT2D eigenvalue weighted by Crippen LogP contribution is 2.20. The zero-order chi connectivity index (χ0) is 15.3. The van der Waals surface area contributed by atoms with Crippen LogP contribution in [0.3, 0.4) is 0 Å². The Bertz CT molecular complexity index is 544. The Kier molecular flexibility index (Phi) is 5.34. The van der Waals surface area contributed by atoms with Crippen molar-refractivity contribution in [2.24, 2.45) is 5.41 Å². The zero-order valence-electron chi connectivity index (χ0n) is 12.0. The van der Waals surface area contributed by atoms with Crippen molar-refractivity contribution in [2.75, 3.05) is 12.4 Å². The monoisotopic (exact) mass is 295 g/mol. The first-order valence-corrected chi connectivity index (χ1v) is 6.49. The summed E-state index contributed by atoms with van der Waals surface area (Å²) < 4.78 is 4.67. The summed E-state index contributed by atoms with van der Waals surface area (Å²) in [7, 11) is 1.26. The molecule has 0 saturated carbocycles. The molecule has 1 aromatic carbocycles. The predicted octanol–water partition coefficient (Wildman–Crippen LogP) is 3.42. The van der Waals surface area contributed by atoms with E-state index >= 15 is 0 Å². The largest absolute Gasteiger partial charge is 0.464 e. The number of carbonyl (C=O) groups is 2. The van der Waals surface area contributed by atoms with Crippen LogP contribution >= 0.6 is 11.6 Å². The highest BCUT2D eigenvalue weighted by atomic mass is 35.5. The fourth-order valence-corrected chi connectivity index (χ4v) is 1.52. The molecule has 108 valence electrons. The van der Waals surface area contributed by atoms with Crippen LogP contribution in [-0.4, -0.2) is 18.9 Å². The van der Waals surface area contributed by atoms with Gasteiger partial charge in [0, 0.05) is 22.2 Å². The third-order valence-electron chi connectivity index (χ3n) is 2.52. The lowest BCUT2D eigenvalue weighted by Crippen LogP contribution is -2.22. The molecule has 0 aliphatic carbocycles. The Labute approximate surface area is 123 Å². The number of ketones is 1. The third kappa shape index (κ3) is 4.70. The van der Waals surface area contributed by atoms with Crippen LogP contribution in [0.4, 0.5) is 5.69 Å². The van der Waals surface area contributed by atoms with Gasteiger partial charge in [0.2, 0.25) is 0 Å². The van der Waals surface area contributed by atoms with Gasteiger partial charge in [-0.25, -0.2) is 4.79 Å². The molecule has 0 heterocycles. The second-order valence-electron chi connectivity index (χ2n) is 5.30. The minimum atomic E-state index is -0.609. The second-order valence-corrected chi connectivity index (χ2v) is 5.74. The number of allylic oxidation sites excluding steroid dienone is 1. The van der Waals surface area contributed by atoms with Crippen LogP contribution in [-0.2, 0) is 14.3 Å². The second kappa shape index (κ2) is 6.57. The smallest absolute Gasteiger partial charge is 0.354 e. The molecule has 1 aromatic rings. The van der Waals surface area contributed by atoms with Crippen molar-refractivity contribution in [1.82, 2.24) is 0 Å². The van der Waals surface area contributed by atoms with E-state index in [1.807, 2.05) is 0 Å². The Morgan fingerprint density at radius 1 is 1.30 bits per heavy atom. The maximum Gasteiger partial charge on any atom is 0.354 e. The van der Waals surface area contributed by atoms with E-state index in [-0.39, 0.29) is 11.5 Å². The van der Waals surface area contributed by atoms with Crippen LogP contribution in [0.2, 0.25) is 5.02 Å². The summed E-state index contributed by atoms with van der Waals surface area (Å²) in [5.74, 6) is -0.782. The van der Waals surface area contributed by atoms with Crippen LogP contribution in [0.25, 0.3) is 0 Å². The Morgan fingerprint density at radius 3 is 2.45 bits per heavy atom. The number of rotatable bonds is 4. The summed E-state index contributed by atoms with van der Waals surface area (Å²) in [6.45, 7) is 5.33. The zero-order valence-corrected chi connectivity index (χ0v) is 12.7. The fourth-order valence-electron chi connectivity index (χ4n) is 1.33. The van der Waals surface area contributed by atoms with Crippen LogP contribution in [0, 0.1) is 5.41 Å². The average molecular weight is 296 g/mol. The molecule has 4 nitrogen and oxygen atoms in total. The van der Waals surface area contributed by atoms with E-state index in [1.54, 1.807) is 45.0 Å². The molecule has 0 aliphatic heterocycles. The van der Waals surface area contributed by atoms with Gasteiger partial charge in [-0.2, -0.15) is 0 Å². The Hall–Kier alpha value is -1.81. The summed E-state index contributed by atoms with van der Waals surface area (Å²) in [6.07, 6.45) is 1.26. The van der Waals surface area contributed by atoms with E-state index in [0.717, 1.165) is 0 Å².